The van der Waals surface area contributed by atoms with Crippen LogP contribution in [0.1, 0.15) is 27.3 Å². The van der Waals surface area contributed by atoms with Crippen LogP contribution in [0.2, 0.25) is 0 Å². The predicted octanol–water partition coefficient (Wildman–Crippen LogP) is 1.88. The normalized spacial score (nSPS) is 10.2. The van der Waals surface area contributed by atoms with Gasteiger partial charge in [0.1, 0.15) is 5.69 Å². The van der Waals surface area contributed by atoms with Crippen LogP contribution in [0.5, 0.6) is 0 Å². The Hall–Kier alpha value is -2.23. The maximum absolute atomic E-state index is 11.8. The molecule has 0 amide bonds. The van der Waals surface area contributed by atoms with Crippen LogP contribution >= 0.6 is 0 Å². The molecule has 2 aromatic rings. The minimum atomic E-state index is -0.251. The Morgan fingerprint density at radius 2 is 1.82 bits per heavy atom. The number of carbonyl (C=O) groups is 2. The van der Waals surface area contributed by atoms with E-state index in [2.05, 4.69) is 5.10 Å². The molecule has 0 N–H and O–H groups in total. The zero-order valence-corrected chi connectivity index (χ0v) is 9.46. The van der Waals surface area contributed by atoms with Gasteiger partial charge in [-0.25, -0.2) is 0 Å². The second-order valence-electron chi connectivity index (χ2n) is 3.76. The lowest BCUT2D eigenvalue weighted by atomic mass is 10.1. The number of rotatable bonds is 4. The van der Waals surface area contributed by atoms with Crippen molar-refractivity contribution < 1.29 is 9.59 Å². The molecule has 2 rings (SSSR count). The monoisotopic (exact) mass is 228 g/mol. The van der Waals surface area contributed by atoms with E-state index in [-0.39, 0.29) is 18.0 Å². The average molecular weight is 228 g/mol. The fraction of sp³-hybridized carbons (Fsp3) is 0.154. The molecule has 0 fully saturated rings. The summed E-state index contributed by atoms with van der Waals surface area (Å²) in [5, 5.41) is 3.97. The van der Waals surface area contributed by atoms with Gasteiger partial charge in [0.25, 0.3) is 0 Å². The molecule has 17 heavy (non-hydrogen) atoms. The van der Waals surface area contributed by atoms with Crippen molar-refractivity contribution in [2.75, 3.05) is 0 Å². The molecule has 0 aliphatic heterocycles. The van der Waals surface area contributed by atoms with Crippen LogP contribution in [0, 0.1) is 0 Å². The number of carbonyl (C=O) groups excluding carboxylic acids is 2. The minimum Gasteiger partial charge on any atom is -0.294 e. The van der Waals surface area contributed by atoms with Crippen molar-refractivity contribution in [3.8, 4) is 0 Å². The second kappa shape index (κ2) is 4.74. The fourth-order valence-electron chi connectivity index (χ4n) is 1.53. The minimum absolute atomic E-state index is 0.138. The molecule has 1 aromatic carbocycles. The summed E-state index contributed by atoms with van der Waals surface area (Å²) in [6, 6.07) is 10.4. The number of aryl methyl sites for hydroxylation is 1. The Morgan fingerprint density at radius 3 is 2.41 bits per heavy atom. The molecule has 0 atom stereocenters. The summed E-state index contributed by atoms with van der Waals surface area (Å²) in [5.41, 5.74) is 0.883. The van der Waals surface area contributed by atoms with Gasteiger partial charge in [-0.05, 0) is 6.07 Å². The topological polar surface area (TPSA) is 52.0 Å². The van der Waals surface area contributed by atoms with Crippen LogP contribution in [0.25, 0.3) is 0 Å². The first-order valence-corrected chi connectivity index (χ1v) is 5.28. The number of hydrogen-bond donors (Lipinski definition) is 0. The van der Waals surface area contributed by atoms with Crippen molar-refractivity contribution in [1.82, 2.24) is 9.78 Å². The zero-order chi connectivity index (χ0) is 12.3. The molecule has 1 heterocycles. The van der Waals surface area contributed by atoms with Gasteiger partial charge in [0, 0.05) is 18.8 Å². The van der Waals surface area contributed by atoms with E-state index in [0.29, 0.717) is 11.3 Å². The molecule has 4 heteroatoms. The van der Waals surface area contributed by atoms with Gasteiger partial charge in [0.05, 0.1) is 6.42 Å². The Balaban J connectivity index is 2.07. The molecular weight excluding hydrogens is 216 g/mol. The number of ketones is 2. The first kappa shape index (κ1) is 11.3. The first-order valence-electron chi connectivity index (χ1n) is 5.28. The van der Waals surface area contributed by atoms with Gasteiger partial charge in [-0.15, -0.1) is 0 Å². The van der Waals surface area contributed by atoms with Gasteiger partial charge >= 0.3 is 0 Å². The molecule has 1 aromatic heterocycles. The third kappa shape index (κ3) is 2.66. The van der Waals surface area contributed by atoms with E-state index in [4.69, 9.17) is 0 Å². The van der Waals surface area contributed by atoms with E-state index in [0.717, 1.165) is 0 Å². The number of aromatic nitrogens is 2. The summed E-state index contributed by atoms with van der Waals surface area (Å²) in [5.74, 6) is -0.430. The fourth-order valence-corrected chi connectivity index (χ4v) is 1.53. The van der Waals surface area contributed by atoms with Crippen LogP contribution in [0.3, 0.4) is 0 Å². The lowest BCUT2D eigenvalue weighted by molar-refractivity contribution is 0.0891. The highest BCUT2D eigenvalue weighted by Gasteiger charge is 2.15. The molecular formula is C13H12N2O2. The van der Waals surface area contributed by atoms with Crippen LogP contribution in [0.4, 0.5) is 0 Å². The summed E-state index contributed by atoms with van der Waals surface area (Å²) >= 11 is 0. The lowest BCUT2D eigenvalue weighted by Gasteiger charge is -1.98. The smallest absolute Gasteiger partial charge is 0.190 e. The van der Waals surface area contributed by atoms with Gasteiger partial charge in [0.15, 0.2) is 11.6 Å². The van der Waals surface area contributed by atoms with Gasteiger partial charge in [-0.3, -0.25) is 14.3 Å². The predicted molar refractivity (Wildman–Crippen MR) is 62.9 cm³/mol. The lowest BCUT2D eigenvalue weighted by Crippen LogP contribution is -2.09. The number of nitrogens with zero attached hydrogens (tertiary/aromatic N) is 2. The number of hydrogen-bond acceptors (Lipinski definition) is 3. The van der Waals surface area contributed by atoms with Crippen LogP contribution < -0.4 is 0 Å². The Bertz CT molecular complexity index is 544. The molecule has 0 saturated heterocycles. The van der Waals surface area contributed by atoms with Gasteiger partial charge in [-0.1, -0.05) is 30.3 Å². The van der Waals surface area contributed by atoms with E-state index in [1.807, 2.05) is 6.07 Å². The number of benzene rings is 1. The summed E-state index contributed by atoms with van der Waals surface area (Å²) in [6.07, 6.45) is 1.54. The van der Waals surface area contributed by atoms with Gasteiger partial charge < -0.3 is 0 Å². The van der Waals surface area contributed by atoms with Crippen molar-refractivity contribution in [1.29, 1.82) is 0 Å². The van der Waals surface area contributed by atoms with E-state index in [1.54, 1.807) is 48.3 Å². The van der Waals surface area contributed by atoms with Crippen LogP contribution in [-0.2, 0) is 7.05 Å². The van der Waals surface area contributed by atoms with Crippen LogP contribution in [0.15, 0.2) is 42.6 Å². The van der Waals surface area contributed by atoms with Crippen molar-refractivity contribution >= 4 is 11.6 Å². The highest BCUT2D eigenvalue weighted by molar-refractivity contribution is 6.12. The standard InChI is InChI=1S/C13H12N2O2/c1-15-8-7-11(14-15)13(17)9-12(16)10-5-3-2-4-6-10/h2-8H,9H2,1H3. The van der Waals surface area contributed by atoms with Gasteiger partial charge in [0.2, 0.25) is 0 Å². The van der Waals surface area contributed by atoms with Gasteiger partial charge in [-0.2, -0.15) is 5.10 Å². The molecule has 0 aliphatic rings. The van der Waals surface area contributed by atoms with E-state index in [9.17, 15) is 9.59 Å². The van der Waals surface area contributed by atoms with E-state index < -0.39 is 0 Å². The molecule has 0 unspecified atom stereocenters. The summed E-state index contributed by atoms with van der Waals surface area (Å²) in [7, 11) is 1.73. The molecule has 0 aliphatic carbocycles. The van der Waals surface area contributed by atoms with E-state index in [1.165, 1.54) is 0 Å². The molecule has 0 bridgehead atoms. The molecule has 0 spiro atoms. The Morgan fingerprint density at radius 1 is 1.12 bits per heavy atom. The molecule has 4 nitrogen and oxygen atoms in total. The third-order valence-electron chi connectivity index (χ3n) is 2.42. The molecule has 0 saturated carbocycles. The Labute approximate surface area is 98.9 Å². The summed E-state index contributed by atoms with van der Waals surface area (Å²) < 4.78 is 1.54. The van der Waals surface area contributed by atoms with E-state index >= 15 is 0 Å². The number of Topliss-reactive ketones (excluding diaryl/α,β-unsaturated/α-hetero) is 2. The maximum Gasteiger partial charge on any atom is 0.190 e. The second-order valence-corrected chi connectivity index (χ2v) is 3.76. The summed E-state index contributed by atoms with van der Waals surface area (Å²) in [6.45, 7) is 0. The van der Waals surface area contributed by atoms with Crippen molar-refractivity contribution in [3.05, 3.63) is 53.9 Å². The van der Waals surface area contributed by atoms with Crippen molar-refractivity contribution in [2.24, 2.45) is 7.05 Å². The molecule has 86 valence electrons. The highest BCUT2D eigenvalue weighted by Crippen LogP contribution is 2.07. The van der Waals surface area contributed by atoms with Crippen molar-refractivity contribution in [3.63, 3.8) is 0 Å². The SMILES string of the molecule is Cn1ccc(C(=O)CC(=O)c2ccccc2)n1. The van der Waals surface area contributed by atoms with Crippen LogP contribution in [-0.4, -0.2) is 21.3 Å². The maximum atomic E-state index is 11.8. The third-order valence-corrected chi connectivity index (χ3v) is 2.42. The van der Waals surface area contributed by atoms with Crippen molar-refractivity contribution in [2.45, 2.75) is 6.42 Å². The highest BCUT2D eigenvalue weighted by atomic mass is 16.1. The first-order chi connectivity index (χ1) is 8.16. The summed E-state index contributed by atoms with van der Waals surface area (Å²) in [4.78, 5) is 23.5. The average Bonchev–Trinajstić information content (AvgIpc) is 2.77. The zero-order valence-electron chi connectivity index (χ0n) is 9.46. The molecule has 0 radical (unpaired) electrons. The largest absolute Gasteiger partial charge is 0.294 e. The Kier molecular flexibility index (Phi) is 3.14. The quantitative estimate of drug-likeness (QED) is 0.593.